The van der Waals surface area contributed by atoms with Gasteiger partial charge in [-0.15, -0.1) is 0 Å². The average molecular weight is 291 g/mol. The van der Waals surface area contributed by atoms with Crippen molar-refractivity contribution >= 4 is 11.6 Å². The molecule has 3 rings (SSSR count). The van der Waals surface area contributed by atoms with Gasteiger partial charge in [0.1, 0.15) is 12.4 Å². The zero-order chi connectivity index (χ0) is 14.7. The third-order valence-electron chi connectivity index (χ3n) is 4.39. The third-order valence-corrected chi connectivity index (χ3v) is 4.39. The van der Waals surface area contributed by atoms with Gasteiger partial charge in [-0.3, -0.25) is 10.1 Å². The molecule has 2 saturated heterocycles. The maximum atomic E-state index is 10.7. The molecule has 1 atom stereocenters. The quantitative estimate of drug-likeness (QED) is 0.622. The number of nitro groups is 1. The lowest BCUT2D eigenvalue weighted by atomic mass is 10.1. The van der Waals surface area contributed by atoms with Crippen LogP contribution in [0.4, 0.5) is 11.6 Å². The van der Waals surface area contributed by atoms with E-state index in [0.29, 0.717) is 12.0 Å². The van der Waals surface area contributed by atoms with E-state index in [-0.39, 0.29) is 5.69 Å². The van der Waals surface area contributed by atoms with E-state index in [9.17, 15) is 10.1 Å². The molecule has 114 valence electrons. The van der Waals surface area contributed by atoms with Crippen LogP contribution in [0.25, 0.3) is 0 Å². The van der Waals surface area contributed by atoms with Gasteiger partial charge < -0.3 is 9.80 Å². The molecule has 1 aromatic rings. The Balaban J connectivity index is 1.66. The lowest BCUT2D eigenvalue weighted by Gasteiger charge is -2.32. The average Bonchev–Trinajstić information content (AvgIpc) is 2.96. The van der Waals surface area contributed by atoms with E-state index in [2.05, 4.69) is 19.8 Å². The highest BCUT2D eigenvalue weighted by Crippen LogP contribution is 2.24. The minimum absolute atomic E-state index is 0.0504. The van der Waals surface area contributed by atoms with Crippen molar-refractivity contribution in [3.05, 3.63) is 22.5 Å². The molecule has 1 aromatic heterocycles. The summed E-state index contributed by atoms with van der Waals surface area (Å²) >= 11 is 0. The molecule has 0 N–H and O–H groups in total. The highest BCUT2D eigenvalue weighted by atomic mass is 16.6. The molecule has 0 aliphatic carbocycles. The van der Waals surface area contributed by atoms with Crippen LogP contribution in [0.5, 0.6) is 0 Å². The van der Waals surface area contributed by atoms with Crippen molar-refractivity contribution in [2.75, 3.05) is 31.1 Å². The maximum Gasteiger partial charge on any atom is 0.305 e. The summed E-state index contributed by atoms with van der Waals surface area (Å²) in [6.45, 7) is 4.37. The van der Waals surface area contributed by atoms with E-state index in [4.69, 9.17) is 0 Å². The van der Waals surface area contributed by atoms with E-state index in [0.717, 1.165) is 25.9 Å². The lowest BCUT2D eigenvalue weighted by molar-refractivity contribution is -0.385. The van der Waals surface area contributed by atoms with Crippen LogP contribution in [0.15, 0.2) is 12.4 Å². The van der Waals surface area contributed by atoms with Gasteiger partial charge >= 0.3 is 5.69 Å². The van der Waals surface area contributed by atoms with E-state index < -0.39 is 4.92 Å². The van der Waals surface area contributed by atoms with Crippen molar-refractivity contribution < 1.29 is 4.92 Å². The van der Waals surface area contributed by atoms with E-state index in [1.165, 1.54) is 44.7 Å². The molecule has 0 radical (unpaired) electrons. The molecule has 0 spiro atoms. The maximum absolute atomic E-state index is 10.7. The Morgan fingerprint density at radius 2 is 1.86 bits per heavy atom. The number of hydrogen-bond donors (Lipinski definition) is 0. The van der Waals surface area contributed by atoms with Gasteiger partial charge in [0.15, 0.2) is 0 Å². The van der Waals surface area contributed by atoms with Crippen LogP contribution >= 0.6 is 0 Å². The Labute approximate surface area is 124 Å². The SMILES string of the molecule is O=[N+]([O-])c1cnc(N2CCC[C@H]2CN2CCCCC2)nc1. The number of hydrogen-bond acceptors (Lipinski definition) is 6. The van der Waals surface area contributed by atoms with Gasteiger partial charge in [-0.2, -0.15) is 0 Å². The van der Waals surface area contributed by atoms with Gasteiger partial charge in [-0.05, 0) is 38.8 Å². The number of anilines is 1. The zero-order valence-electron chi connectivity index (χ0n) is 12.1. The summed E-state index contributed by atoms with van der Waals surface area (Å²) in [6, 6.07) is 0.435. The summed E-state index contributed by atoms with van der Waals surface area (Å²) in [4.78, 5) is 23.3. The molecule has 2 fully saturated rings. The molecule has 7 nitrogen and oxygen atoms in total. The number of rotatable bonds is 4. The van der Waals surface area contributed by atoms with E-state index in [1.807, 2.05) is 0 Å². The molecule has 0 bridgehead atoms. The summed E-state index contributed by atoms with van der Waals surface area (Å²) in [7, 11) is 0. The first-order valence-corrected chi connectivity index (χ1v) is 7.69. The summed E-state index contributed by atoms with van der Waals surface area (Å²) < 4.78 is 0. The molecule has 7 heteroatoms. The first kappa shape index (κ1) is 14.2. The molecule has 3 heterocycles. The number of likely N-dealkylation sites (tertiary alicyclic amines) is 1. The second kappa shape index (κ2) is 6.34. The minimum atomic E-state index is -0.459. The van der Waals surface area contributed by atoms with Gasteiger partial charge in [0.05, 0.1) is 4.92 Å². The minimum Gasteiger partial charge on any atom is -0.337 e. The fourth-order valence-electron chi connectivity index (χ4n) is 3.29. The Morgan fingerprint density at radius 1 is 1.14 bits per heavy atom. The number of nitrogens with zero attached hydrogens (tertiary/aromatic N) is 5. The van der Waals surface area contributed by atoms with Crippen molar-refractivity contribution in [2.24, 2.45) is 0 Å². The van der Waals surface area contributed by atoms with Gasteiger partial charge in [0.25, 0.3) is 0 Å². The number of piperidine rings is 1. The second-order valence-corrected chi connectivity index (χ2v) is 5.85. The monoisotopic (exact) mass is 291 g/mol. The fraction of sp³-hybridized carbons (Fsp3) is 0.714. The number of aromatic nitrogens is 2. The smallest absolute Gasteiger partial charge is 0.305 e. The molecule has 2 aliphatic heterocycles. The largest absolute Gasteiger partial charge is 0.337 e. The highest BCUT2D eigenvalue weighted by Gasteiger charge is 2.29. The Hall–Kier alpha value is -1.76. The van der Waals surface area contributed by atoms with Gasteiger partial charge in [-0.25, -0.2) is 9.97 Å². The van der Waals surface area contributed by atoms with E-state index >= 15 is 0 Å². The van der Waals surface area contributed by atoms with Crippen LogP contribution in [0.1, 0.15) is 32.1 Å². The highest BCUT2D eigenvalue weighted by molar-refractivity contribution is 5.36. The Bertz CT molecular complexity index is 487. The zero-order valence-corrected chi connectivity index (χ0v) is 12.1. The van der Waals surface area contributed by atoms with Crippen LogP contribution in [-0.2, 0) is 0 Å². The molecular formula is C14H21N5O2. The van der Waals surface area contributed by atoms with Crippen LogP contribution in [0.3, 0.4) is 0 Å². The standard InChI is InChI=1S/C14H21N5O2/c20-19(21)13-9-15-14(16-10-13)18-8-4-5-12(18)11-17-6-2-1-3-7-17/h9-10,12H,1-8,11H2/t12-/m0/s1. The first-order valence-electron chi connectivity index (χ1n) is 7.69. The van der Waals surface area contributed by atoms with Crippen LogP contribution < -0.4 is 4.90 Å². The topological polar surface area (TPSA) is 75.4 Å². The van der Waals surface area contributed by atoms with Crippen LogP contribution in [0, 0.1) is 10.1 Å². The van der Waals surface area contributed by atoms with Crippen molar-refractivity contribution in [3.63, 3.8) is 0 Å². The predicted octanol–water partition coefficient (Wildman–Crippen LogP) is 1.84. The van der Waals surface area contributed by atoms with Crippen molar-refractivity contribution in [2.45, 2.75) is 38.1 Å². The molecule has 0 amide bonds. The summed E-state index contributed by atoms with van der Waals surface area (Å²) in [5, 5.41) is 10.7. The third kappa shape index (κ3) is 3.29. The fourth-order valence-corrected chi connectivity index (χ4v) is 3.29. The van der Waals surface area contributed by atoms with E-state index in [1.54, 1.807) is 0 Å². The van der Waals surface area contributed by atoms with Gasteiger partial charge in [0.2, 0.25) is 5.95 Å². The molecular weight excluding hydrogens is 270 g/mol. The summed E-state index contributed by atoms with van der Waals surface area (Å²) in [5.41, 5.74) is -0.0504. The summed E-state index contributed by atoms with van der Waals surface area (Å²) in [5.74, 6) is 0.625. The lowest BCUT2D eigenvalue weighted by Crippen LogP contribution is -2.43. The molecule has 0 aromatic carbocycles. The van der Waals surface area contributed by atoms with Crippen molar-refractivity contribution in [1.82, 2.24) is 14.9 Å². The predicted molar refractivity (Wildman–Crippen MR) is 79.3 cm³/mol. The molecule has 0 unspecified atom stereocenters. The van der Waals surface area contributed by atoms with Gasteiger partial charge in [-0.1, -0.05) is 6.42 Å². The van der Waals surface area contributed by atoms with Crippen LogP contribution in [0.2, 0.25) is 0 Å². The second-order valence-electron chi connectivity index (χ2n) is 5.85. The Morgan fingerprint density at radius 3 is 2.52 bits per heavy atom. The molecule has 0 saturated carbocycles. The van der Waals surface area contributed by atoms with Crippen LogP contribution in [-0.4, -0.2) is 52.0 Å². The first-order chi connectivity index (χ1) is 10.2. The van der Waals surface area contributed by atoms with Crippen molar-refractivity contribution in [3.8, 4) is 0 Å². The Kier molecular flexibility index (Phi) is 4.28. The normalized spacial score (nSPS) is 23.4. The summed E-state index contributed by atoms with van der Waals surface area (Å²) in [6.07, 6.45) is 8.82. The molecule has 21 heavy (non-hydrogen) atoms. The van der Waals surface area contributed by atoms with Crippen molar-refractivity contribution in [1.29, 1.82) is 0 Å². The van der Waals surface area contributed by atoms with Gasteiger partial charge in [0, 0.05) is 19.1 Å². The molecule has 2 aliphatic rings.